The lowest BCUT2D eigenvalue weighted by atomic mass is 10.0. The van der Waals surface area contributed by atoms with Gasteiger partial charge in [-0.25, -0.2) is 8.42 Å². The first-order valence-electron chi connectivity index (χ1n) is 7.79. The number of hydrogen-bond acceptors (Lipinski definition) is 3. The van der Waals surface area contributed by atoms with Crippen LogP contribution in [-0.2, 0) is 10.0 Å². The van der Waals surface area contributed by atoms with E-state index in [2.05, 4.69) is 11.4 Å². The van der Waals surface area contributed by atoms with Gasteiger partial charge in [-0.1, -0.05) is 48.5 Å². The molecule has 0 amide bonds. The van der Waals surface area contributed by atoms with E-state index in [1.165, 1.54) is 0 Å². The molecule has 0 saturated carbocycles. The summed E-state index contributed by atoms with van der Waals surface area (Å²) >= 11 is 0. The Hall–Kier alpha value is -1.95. The summed E-state index contributed by atoms with van der Waals surface area (Å²) in [6.45, 7) is 2.42. The van der Waals surface area contributed by atoms with Gasteiger partial charge in [0.15, 0.2) is 0 Å². The fraction of sp³-hybridized carbons (Fsp3) is 0.222. The predicted molar refractivity (Wildman–Crippen MR) is 93.1 cm³/mol. The van der Waals surface area contributed by atoms with Gasteiger partial charge >= 0.3 is 0 Å². The number of fused-ring (bicyclic) bond motifs is 2. The van der Waals surface area contributed by atoms with Gasteiger partial charge in [-0.3, -0.25) is 0 Å². The van der Waals surface area contributed by atoms with E-state index >= 15 is 0 Å². The van der Waals surface area contributed by atoms with Gasteiger partial charge in [-0.15, -0.1) is 0 Å². The number of nitrogens with one attached hydrogen (secondary N) is 1. The molecule has 0 bridgehead atoms. The Labute approximate surface area is 135 Å². The van der Waals surface area contributed by atoms with Crippen molar-refractivity contribution in [1.82, 2.24) is 9.62 Å². The van der Waals surface area contributed by atoms with E-state index in [4.69, 9.17) is 0 Å². The first kappa shape index (κ1) is 14.6. The summed E-state index contributed by atoms with van der Waals surface area (Å²) < 4.78 is 28.2. The third kappa shape index (κ3) is 2.41. The van der Waals surface area contributed by atoms with Gasteiger partial charge in [0.2, 0.25) is 10.0 Å². The van der Waals surface area contributed by atoms with Gasteiger partial charge in [-0.2, -0.15) is 4.31 Å². The SMILES string of the molecule is O=S(=O)(c1c2ccccc2cc2ccccc12)N1CCNCC1. The molecule has 0 radical (unpaired) electrons. The maximum atomic E-state index is 13.3. The first-order chi connectivity index (χ1) is 11.2. The van der Waals surface area contributed by atoms with E-state index in [-0.39, 0.29) is 0 Å². The second kappa shape index (κ2) is 5.60. The van der Waals surface area contributed by atoms with E-state index in [1.807, 2.05) is 48.5 Å². The van der Waals surface area contributed by atoms with Crippen molar-refractivity contribution in [3.63, 3.8) is 0 Å². The molecule has 0 unspecified atom stereocenters. The molecule has 3 aromatic rings. The van der Waals surface area contributed by atoms with Gasteiger partial charge in [-0.05, 0) is 16.8 Å². The summed E-state index contributed by atoms with van der Waals surface area (Å²) in [6, 6.07) is 17.5. The lowest BCUT2D eigenvalue weighted by Crippen LogP contribution is -2.46. The third-order valence-electron chi connectivity index (χ3n) is 4.40. The van der Waals surface area contributed by atoms with Crippen molar-refractivity contribution in [1.29, 1.82) is 0 Å². The van der Waals surface area contributed by atoms with Gasteiger partial charge < -0.3 is 5.32 Å². The average Bonchev–Trinajstić information content (AvgIpc) is 2.60. The van der Waals surface area contributed by atoms with Crippen LogP contribution in [0.25, 0.3) is 21.5 Å². The van der Waals surface area contributed by atoms with Crippen molar-refractivity contribution >= 4 is 31.6 Å². The standard InChI is InChI=1S/C18H18N2O2S/c21-23(22,20-11-9-19-10-12-20)18-16-7-3-1-5-14(16)13-15-6-2-4-8-17(15)18/h1-8,13,19H,9-12H2. The molecule has 0 atom stereocenters. The van der Waals surface area contributed by atoms with E-state index in [1.54, 1.807) is 4.31 Å². The van der Waals surface area contributed by atoms with Crippen LogP contribution >= 0.6 is 0 Å². The molecule has 1 fully saturated rings. The normalized spacial score (nSPS) is 16.9. The molecule has 23 heavy (non-hydrogen) atoms. The lowest BCUT2D eigenvalue weighted by molar-refractivity contribution is 0.361. The van der Waals surface area contributed by atoms with E-state index in [0.29, 0.717) is 31.1 Å². The Kier molecular flexibility index (Phi) is 3.56. The number of piperazine rings is 1. The molecule has 0 spiro atoms. The minimum atomic E-state index is -3.52. The molecular formula is C18H18N2O2S. The van der Waals surface area contributed by atoms with Crippen molar-refractivity contribution in [3.8, 4) is 0 Å². The predicted octanol–water partition coefficient (Wildman–Crippen LogP) is 2.59. The maximum Gasteiger partial charge on any atom is 0.244 e. The molecule has 1 N–H and O–H groups in total. The number of rotatable bonds is 2. The van der Waals surface area contributed by atoms with E-state index in [9.17, 15) is 8.42 Å². The minimum Gasteiger partial charge on any atom is -0.314 e. The quantitative estimate of drug-likeness (QED) is 0.737. The highest BCUT2D eigenvalue weighted by Gasteiger charge is 2.29. The molecule has 0 aromatic heterocycles. The van der Waals surface area contributed by atoms with E-state index in [0.717, 1.165) is 21.5 Å². The first-order valence-corrected chi connectivity index (χ1v) is 9.23. The number of benzene rings is 3. The summed E-state index contributed by atoms with van der Waals surface area (Å²) in [4.78, 5) is 0.438. The number of hydrogen-bond donors (Lipinski definition) is 1. The van der Waals surface area contributed by atoms with Crippen molar-refractivity contribution < 1.29 is 8.42 Å². The highest BCUT2D eigenvalue weighted by Crippen LogP contribution is 2.33. The molecule has 118 valence electrons. The summed E-state index contributed by atoms with van der Waals surface area (Å²) in [6.07, 6.45) is 0. The third-order valence-corrected chi connectivity index (χ3v) is 6.40. The summed E-state index contributed by atoms with van der Waals surface area (Å²) in [7, 11) is -3.52. The van der Waals surface area contributed by atoms with Crippen molar-refractivity contribution in [2.75, 3.05) is 26.2 Å². The lowest BCUT2D eigenvalue weighted by Gasteiger charge is -2.27. The highest BCUT2D eigenvalue weighted by atomic mass is 32.2. The molecule has 1 saturated heterocycles. The topological polar surface area (TPSA) is 49.4 Å². The Morgan fingerprint density at radius 1 is 0.826 bits per heavy atom. The summed E-state index contributed by atoms with van der Waals surface area (Å²) in [5.41, 5.74) is 0. The van der Waals surface area contributed by atoms with Crippen LogP contribution in [0.15, 0.2) is 59.5 Å². The van der Waals surface area contributed by atoms with Crippen LogP contribution in [0.1, 0.15) is 0 Å². The zero-order valence-corrected chi connectivity index (χ0v) is 13.5. The molecule has 4 rings (SSSR count). The monoisotopic (exact) mass is 326 g/mol. The van der Waals surface area contributed by atoms with Crippen LogP contribution in [0.5, 0.6) is 0 Å². The van der Waals surface area contributed by atoms with Gasteiger partial charge in [0.1, 0.15) is 0 Å². The number of sulfonamides is 1. The summed E-state index contributed by atoms with van der Waals surface area (Å²) in [5.74, 6) is 0. The highest BCUT2D eigenvalue weighted by molar-refractivity contribution is 7.89. The van der Waals surface area contributed by atoms with Gasteiger partial charge in [0, 0.05) is 37.0 Å². The van der Waals surface area contributed by atoms with Crippen molar-refractivity contribution in [2.45, 2.75) is 4.90 Å². The second-order valence-corrected chi connectivity index (χ2v) is 7.68. The van der Waals surface area contributed by atoms with Crippen molar-refractivity contribution in [3.05, 3.63) is 54.6 Å². The molecule has 1 heterocycles. The minimum absolute atomic E-state index is 0.438. The van der Waals surface area contributed by atoms with Gasteiger partial charge in [0.25, 0.3) is 0 Å². The van der Waals surface area contributed by atoms with Crippen LogP contribution in [0.3, 0.4) is 0 Å². The Balaban J connectivity index is 2.06. The second-order valence-electron chi connectivity index (χ2n) is 5.80. The van der Waals surface area contributed by atoms with Crippen LogP contribution in [0.2, 0.25) is 0 Å². The maximum absolute atomic E-state index is 13.3. The average molecular weight is 326 g/mol. The zero-order valence-electron chi connectivity index (χ0n) is 12.7. The van der Waals surface area contributed by atoms with Crippen LogP contribution in [0, 0.1) is 0 Å². The van der Waals surface area contributed by atoms with Crippen LogP contribution in [0.4, 0.5) is 0 Å². The van der Waals surface area contributed by atoms with Gasteiger partial charge in [0.05, 0.1) is 4.90 Å². The van der Waals surface area contributed by atoms with E-state index < -0.39 is 10.0 Å². The fourth-order valence-corrected chi connectivity index (χ4v) is 5.11. The molecule has 3 aromatic carbocycles. The Morgan fingerprint density at radius 2 is 1.35 bits per heavy atom. The Morgan fingerprint density at radius 3 is 1.91 bits per heavy atom. The zero-order chi connectivity index (χ0) is 15.9. The molecule has 0 aliphatic carbocycles. The number of nitrogens with zero attached hydrogens (tertiary/aromatic N) is 1. The molecule has 4 nitrogen and oxygen atoms in total. The Bertz CT molecular complexity index is 923. The molecular weight excluding hydrogens is 308 g/mol. The van der Waals surface area contributed by atoms with Crippen molar-refractivity contribution in [2.24, 2.45) is 0 Å². The molecule has 5 heteroatoms. The molecule has 1 aliphatic heterocycles. The smallest absolute Gasteiger partial charge is 0.244 e. The largest absolute Gasteiger partial charge is 0.314 e. The fourth-order valence-electron chi connectivity index (χ4n) is 3.26. The van der Waals surface area contributed by atoms with Crippen LogP contribution in [-0.4, -0.2) is 38.9 Å². The molecule has 1 aliphatic rings. The van der Waals surface area contributed by atoms with Crippen LogP contribution < -0.4 is 5.32 Å². The summed E-state index contributed by atoms with van der Waals surface area (Å²) in [5, 5.41) is 6.72.